The Morgan fingerprint density at radius 3 is 2.60 bits per heavy atom. The van der Waals surface area contributed by atoms with Gasteiger partial charge >= 0.3 is 0 Å². The molecule has 0 radical (unpaired) electrons. The van der Waals surface area contributed by atoms with Crippen molar-refractivity contribution < 1.29 is 9.47 Å². The van der Waals surface area contributed by atoms with Gasteiger partial charge in [0.2, 0.25) is 5.79 Å². The van der Waals surface area contributed by atoms with Gasteiger partial charge in [0.1, 0.15) is 0 Å². The van der Waals surface area contributed by atoms with E-state index in [2.05, 4.69) is 5.32 Å². The second-order valence-electron chi connectivity index (χ2n) is 5.32. The molecule has 20 heavy (non-hydrogen) atoms. The largest absolute Gasteiger partial charge is 0.449 e. The van der Waals surface area contributed by atoms with Gasteiger partial charge in [-0.05, 0) is 23.8 Å². The Balaban J connectivity index is 1.73. The van der Waals surface area contributed by atoms with Crippen molar-refractivity contribution >= 4 is 11.4 Å². The maximum atomic E-state index is 5.93. The Bertz CT molecular complexity index is 638. The number of ether oxygens (including phenoxy) is 2. The van der Waals surface area contributed by atoms with Crippen LogP contribution < -0.4 is 20.5 Å². The quantitative estimate of drug-likeness (QED) is 0.839. The molecule has 0 aliphatic carbocycles. The Kier molecular flexibility index (Phi) is 2.93. The first kappa shape index (κ1) is 12.7. The Morgan fingerprint density at radius 2 is 1.80 bits per heavy atom. The summed E-state index contributed by atoms with van der Waals surface area (Å²) in [5.74, 6) is 0.950. The third kappa shape index (κ3) is 2.50. The number of anilines is 2. The lowest BCUT2D eigenvalue weighted by molar-refractivity contribution is -0.0431. The van der Waals surface area contributed by atoms with Crippen molar-refractivity contribution in [1.29, 1.82) is 0 Å². The lowest BCUT2D eigenvalue weighted by Crippen LogP contribution is -2.29. The Morgan fingerprint density at radius 1 is 1.05 bits per heavy atom. The van der Waals surface area contributed by atoms with E-state index in [1.54, 1.807) is 0 Å². The summed E-state index contributed by atoms with van der Waals surface area (Å²) in [5, 5.41) is 3.34. The van der Waals surface area contributed by atoms with Crippen LogP contribution in [-0.4, -0.2) is 5.79 Å². The highest BCUT2D eigenvalue weighted by Gasteiger charge is 2.31. The molecular formula is C16H18N2O2. The van der Waals surface area contributed by atoms with Gasteiger partial charge in [0.25, 0.3) is 0 Å². The van der Waals surface area contributed by atoms with Gasteiger partial charge < -0.3 is 20.5 Å². The molecule has 1 aliphatic heterocycles. The van der Waals surface area contributed by atoms with E-state index in [1.165, 1.54) is 0 Å². The summed E-state index contributed by atoms with van der Waals surface area (Å²) in [5.41, 5.74) is 8.77. The van der Waals surface area contributed by atoms with Crippen molar-refractivity contribution in [3.63, 3.8) is 0 Å². The highest BCUT2D eigenvalue weighted by Crippen LogP contribution is 2.40. The van der Waals surface area contributed by atoms with Crippen molar-refractivity contribution in [1.82, 2.24) is 0 Å². The maximum absolute atomic E-state index is 5.93. The summed E-state index contributed by atoms with van der Waals surface area (Å²) in [7, 11) is 0. The molecule has 0 saturated heterocycles. The predicted molar refractivity (Wildman–Crippen MR) is 80.0 cm³/mol. The van der Waals surface area contributed by atoms with Crippen LogP contribution in [0.2, 0.25) is 0 Å². The highest BCUT2D eigenvalue weighted by atomic mass is 16.7. The summed E-state index contributed by atoms with van der Waals surface area (Å²) in [6, 6.07) is 13.7. The fraction of sp³-hybridized carbons (Fsp3) is 0.250. The lowest BCUT2D eigenvalue weighted by Gasteiger charge is -2.16. The number of nitrogen functional groups attached to an aromatic ring is 1. The lowest BCUT2D eigenvalue weighted by atomic mass is 10.2. The molecule has 4 heteroatoms. The van der Waals surface area contributed by atoms with Gasteiger partial charge in [-0.25, -0.2) is 0 Å². The van der Waals surface area contributed by atoms with Crippen molar-refractivity contribution in [3.8, 4) is 11.5 Å². The second-order valence-corrected chi connectivity index (χ2v) is 5.32. The molecule has 0 fully saturated rings. The number of benzene rings is 2. The fourth-order valence-electron chi connectivity index (χ4n) is 2.23. The number of fused-ring (bicyclic) bond motifs is 1. The van der Waals surface area contributed by atoms with E-state index in [0.29, 0.717) is 6.54 Å². The molecule has 2 aromatic rings. The molecule has 1 aliphatic rings. The van der Waals surface area contributed by atoms with Crippen LogP contribution in [-0.2, 0) is 6.54 Å². The molecule has 3 rings (SSSR count). The van der Waals surface area contributed by atoms with E-state index in [1.807, 2.05) is 56.3 Å². The van der Waals surface area contributed by atoms with Crippen LogP contribution in [0.5, 0.6) is 11.5 Å². The van der Waals surface area contributed by atoms with Crippen LogP contribution in [0.3, 0.4) is 0 Å². The van der Waals surface area contributed by atoms with Crippen molar-refractivity contribution in [3.05, 3.63) is 48.0 Å². The average Bonchev–Trinajstić information content (AvgIpc) is 2.71. The summed E-state index contributed by atoms with van der Waals surface area (Å²) in [4.78, 5) is 0. The number of rotatable bonds is 3. The van der Waals surface area contributed by atoms with Gasteiger partial charge in [0.15, 0.2) is 11.5 Å². The van der Waals surface area contributed by atoms with Gasteiger partial charge in [-0.3, -0.25) is 0 Å². The number of nitrogens with one attached hydrogen (secondary N) is 1. The standard InChI is InChI=1S/C16H18N2O2/c1-16(2)19-14-8-7-12(9-15(14)20-16)18-10-11-5-3-4-6-13(11)17/h3-9,18H,10,17H2,1-2H3. The van der Waals surface area contributed by atoms with E-state index in [-0.39, 0.29) is 0 Å². The van der Waals surface area contributed by atoms with Crippen LogP contribution in [0.4, 0.5) is 11.4 Å². The number of nitrogens with two attached hydrogens (primary N) is 1. The second kappa shape index (κ2) is 4.63. The summed E-state index contributed by atoms with van der Waals surface area (Å²) in [6.07, 6.45) is 0. The van der Waals surface area contributed by atoms with Crippen LogP contribution in [0.1, 0.15) is 19.4 Å². The smallest absolute Gasteiger partial charge is 0.246 e. The average molecular weight is 270 g/mol. The van der Waals surface area contributed by atoms with E-state index >= 15 is 0 Å². The molecule has 0 spiro atoms. The SMILES string of the molecule is CC1(C)Oc2ccc(NCc3ccccc3N)cc2O1. The van der Waals surface area contributed by atoms with Crippen molar-refractivity contribution in [2.45, 2.75) is 26.2 Å². The summed E-state index contributed by atoms with van der Waals surface area (Å²) < 4.78 is 11.4. The van der Waals surface area contributed by atoms with E-state index < -0.39 is 5.79 Å². The zero-order valence-corrected chi connectivity index (χ0v) is 11.6. The zero-order valence-electron chi connectivity index (χ0n) is 11.6. The minimum absolute atomic E-state index is 0.592. The van der Waals surface area contributed by atoms with Crippen LogP contribution in [0.15, 0.2) is 42.5 Å². The van der Waals surface area contributed by atoms with Gasteiger partial charge in [0.05, 0.1) is 0 Å². The predicted octanol–water partition coefficient (Wildman–Crippen LogP) is 3.39. The first-order valence-corrected chi connectivity index (χ1v) is 6.63. The van der Waals surface area contributed by atoms with Crippen molar-refractivity contribution in [2.75, 3.05) is 11.1 Å². The Labute approximate surface area is 118 Å². The number of hydrogen-bond donors (Lipinski definition) is 2. The Hall–Kier alpha value is -2.36. The third-order valence-corrected chi connectivity index (χ3v) is 3.19. The molecule has 104 valence electrons. The van der Waals surface area contributed by atoms with Gasteiger partial charge in [0, 0.05) is 37.8 Å². The van der Waals surface area contributed by atoms with Gasteiger partial charge in [-0.15, -0.1) is 0 Å². The zero-order chi connectivity index (χ0) is 14.2. The molecule has 1 heterocycles. The minimum atomic E-state index is -0.592. The van der Waals surface area contributed by atoms with Crippen LogP contribution in [0, 0.1) is 0 Å². The maximum Gasteiger partial charge on any atom is 0.246 e. The monoisotopic (exact) mass is 270 g/mol. The molecule has 0 atom stereocenters. The molecule has 3 N–H and O–H groups in total. The topological polar surface area (TPSA) is 56.5 Å². The molecule has 0 aromatic heterocycles. The van der Waals surface area contributed by atoms with Crippen LogP contribution in [0.25, 0.3) is 0 Å². The molecule has 0 saturated carbocycles. The molecule has 4 nitrogen and oxygen atoms in total. The van der Waals surface area contributed by atoms with E-state index in [0.717, 1.165) is 28.4 Å². The van der Waals surface area contributed by atoms with E-state index in [9.17, 15) is 0 Å². The summed E-state index contributed by atoms with van der Waals surface area (Å²) >= 11 is 0. The van der Waals surface area contributed by atoms with Gasteiger partial charge in [-0.1, -0.05) is 18.2 Å². The number of hydrogen-bond acceptors (Lipinski definition) is 4. The minimum Gasteiger partial charge on any atom is -0.449 e. The highest BCUT2D eigenvalue weighted by molar-refractivity contribution is 5.57. The fourth-order valence-corrected chi connectivity index (χ4v) is 2.23. The molecule has 0 bridgehead atoms. The molecule has 2 aromatic carbocycles. The van der Waals surface area contributed by atoms with Crippen LogP contribution >= 0.6 is 0 Å². The first-order chi connectivity index (χ1) is 9.53. The molecule has 0 unspecified atom stereocenters. The first-order valence-electron chi connectivity index (χ1n) is 6.63. The number of para-hydroxylation sites is 1. The molecular weight excluding hydrogens is 252 g/mol. The third-order valence-electron chi connectivity index (χ3n) is 3.19. The normalized spacial score (nSPS) is 15.1. The van der Waals surface area contributed by atoms with Crippen molar-refractivity contribution in [2.24, 2.45) is 0 Å². The molecule has 0 amide bonds. The summed E-state index contributed by atoms with van der Waals surface area (Å²) in [6.45, 7) is 4.46. The van der Waals surface area contributed by atoms with Gasteiger partial charge in [-0.2, -0.15) is 0 Å². The van der Waals surface area contributed by atoms with E-state index in [4.69, 9.17) is 15.2 Å².